The predicted molar refractivity (Wildman–Crippen MR) is 78.5 cm³/mol. The molecule has 0 unspecified atom stereocenters. The van der Waals surface area contributed by atoms with E-state index in [-0.39, 0.29) is 11.6 Å². The number of anilines is 2. The number of fused-ring (bicyclic) bond motifs is 1. The van der Waals surface area contributed by atoms with E-state index in [2.05, 4.69) is 5.32 Å². The van der Waals surface area contributed by atoms with Crippen LogP contribution in [0.3, 0.4) is 0 Å². The minimum absolute atomic E-state index is 0.251. The molecule has 3 N–H and O–H groups in total. The lowest BCUT2D eigenvalue weighted by Crippen LogP contribution is -2.10. The topological polar surface area (TPSA) is 55.1 Å². The zero-order valence-corrected chi connectivity index (χ0v) is 11.3. The SMILES string of the molecule is Nc1cc(F)cc(NC(=O)c2cc3sccc3s2)c1. The standard InChI is InChI=1S/C13H9FN2OS2/c14-7-3-8(15)5-9(4-7)16-13(17)12-6-11-10(19-12)1-2-18-11/h1-6H,15H2,(H,16,17). The molecule has 3 aromatic rings. The Morgan fingerprint density at radius 1 is 1.21 bits per heavy atom. The Morgan fingerprint density at radius 3 is 2.79 bits per heavy atom. The minimum atomic E-state index is -0.470. The summed E-state index contributed by atoms with van der Waals surface area (Å²) in [4.78, 5) is 12.6. The molecule has 0 aliphatic heterocycles. The van der Waals surface area contributed by atoms with Gasteiger partial charge in [0, 0.05) is 20.8 Å². The van der Waals surface area contributed by atoms with Crippen LogP contribution in [0.5, 0.6) is 0 Å². The van der Waals surface area contributed by atoms with Gasteiger partial charge in [0.25, 0.3) is 5.91 Å². The number of halogens is 1. The van der Waals surface area contributed by atoms with E-state index in [1.807, 2.05) is 17.5 Å². The third kappa shape index (κ3) is 2.45. The first-order chi connectivity index (χ1) is 9.11. The van der Waals surface area contributed by atoms with Crippen molar-refractivity contribution < 1.29 is 9.18 Å². The van der Waals surface area contributed by atoms with Gasteiger partial charge < -0.3 is 11.1 Å². The molecule has 0 radical (unpaired) electrons. The van der Waals surface area contributed by atoms with Crippen LogP contribution in [0.2, 0.25) is 0 Å². The number of rotatable bonds is 2. The smallest absolute Gasteiger partial charge is 0.265 e. The molecule has 0 aliphatic rings. The van der Waals surface area contributed by atoms with Gasteiger partial charge in [0.1, 0.15) is 5.82 Å². The van der Waals surface area contributed by atoms with Gasteiger partial charge in [0.15, 0.2) is 0 Å². The summed E-state index contributed by atoms with van der Waals surface area (Å²) in [5.41, 5.74) is 6.17. The van der Waals surface area contributed by atoms with E-state index in [1.54, 1.807) is 11.3 Å². The highest BCUT2D eigenvalue weighted by molar-refractivity contribution is 7.27. The van der Waals surface area contributed by atoms with Crippen molar-refractivity contribution in [3.05, 3.63) is 46.4 Å². The van der Waals surface area contributed by atoms with Crippen molar-refractivity contribution in [1.82, 2.24) is 0 Å². The molecular formula is C13H9FN2OS2. The molecule has 0 spiro atoms. The fraction of sp³-hybridized carbons (Fsp3) is 0. The van der Waals surface area contributed by atoms with Crippen molar-refractivity contribution in [1.29, 1.82) is 0 Å². The molecule has 3 nitrogen and oxygen atoms in total. The normalized spacial score (nSPS) is 10.8. The van der Waals surface area contributed by atoms with Crippen LogP contribution >= 0.6 is 22.7 Å². The number of amides is 1. The number of carbonyl (C=O) groups excluding carboxylic acids is 1. The summed E-state index contributed by atoms with van der Waals surface area (Å²) in [5.74, 6) is -0.721. The average molecular weight is 292 g/mol. The monoisotopic (exact) mass is 292 g/mol. The highest BCUT2D eigenvalue weighted by Gasteiger charge is 2.11. The van der Waals surface area contributed by atoms with Crippen molar-refractivity contribution in [2.45, 2.75) is 0 Å². The molecule has 0 saturated heterocycles. The molecular weight excluding hydrogens is 283 g/mol. The van der Waals surface area contributed by atoms with Crippen LogP contribution in [0, 0.1) is 5.82 Å². The predicted octanol–water partition coefficient (Wildman–Crippen LogP) is 3.94. The molecule has 19 heavy (non-hydrogen) atoms. The summed E-state index contributed by atoms with van der Waals surface area (Å²) in [6.45, 7) is 0. The van der Waals surface area contributed by atoms with Crippen LogP contribution in [0.25, 0.3) is 9.40 Å². The summed E-state index contributed by atoms with van der Waals surface area (Å²) >= 11 is 3.00. The van der Waals surface area contributed by atoms with E-state index in [1.165, 1.54) is 29.5 Å². The Kier molecular flexibility index (Phi) is 2.96. The first-order valence-corrected chi connectivity index (χ1v) is 7.16. The molecule has 2 heterocycles. The second-order valence-electron chi connectivity index (χ2n) is 3.99. The number of nitrogens with one attached hydrogen (secondary N) is 1. The van der Waals surface area contributed by atoms with Gasteiger partial charge in [-0.1, -0.05) is 0 Å². The van der Waals surface area contributed by atoms with Crippen LogP contribution in [0.1, 0.15) is 9.67 Å². The summed E-state index contributed by atoms with van der Waals surface area (Å²) in [5, 5.41) is 4.63. The number of thiophene rings is 2. The van der Waals surface area contributed by atoms with Crippen molar-refractivity contribution in [3.8, 4) is 0 Å². The third-order valence-corrected chi connectivity index (χ3v) is 4.63. The van der Waals surface area contributed by atoms with Gasteiger partial charge >= 0.3 is 0 Å². The number of carbonyl (C=O) groups is 1. The van der Waals surface area contributed by atoms with Gasteiger partial charge in [0.05, 0.1) is 4.88 Å². The van der Waals surface area contributed by atoms with Crippen molar-refractivity contribution in [2.24, 2.45) is 0 Å². The molecule has 0 atom stereocenters. The van der Waals surface area contributed by atoms with E-state index in [9.17, 15) is 9.18 Å². The Bertz CT molecular complexity index is 714. The molecule has 2 aromatic heterocycles. The molecule has 3 rings (SSSR count). The van der Waals surface area contributed by atoms with Gasteiger partial charge in [-0.3, -0.25) is 4.79 Å². The lowest BCUT2D eigenvalue weighted by Gasteiger charge is -2.04. The van der Waals surface area contributed by atoms with E-state index in [0.717, 1.165) is 9.40 Å². The second kappa shape index (κ2) is 4.64. The highest BCUT2D eigenvalue weighted by Crippen LogP contribution is 2.30. The fourth-order valence-electron chi connectivity index (χ4n) is 1.75. The number of benzene rings is 1. The quantitative estimate of drug-likeness (QED) is 0.703. The van der Waals surface area contributed by atoms with Crippen LogP contribution in [0.15, 0.2) is 35.7 Å². The van der Waals surface area contributed by atoms with Gasteiger partial charge in [-0.25, -0.2) is 4.39 Å². The van der Waals surface area contributed by atoms with Gasteiger partial charge in [-0.2, -0.15) is 0 Å². The van der Waals surface area contributed by atoms with Gasteiger partial charge in [0.2, 0.25) is 0 Å². The lowest BCUT2D eigenvalue weighted by atomic mass is 10.2. The van der Waals surface area contributed by atoms with E-state index < -0.39 is 5.82 Å². The maximum atomic E-state index is 13.2. The zero-order valence-electron chi connectivity index (χ0n) is 9.64. The Hall–Kier alpha value is -1.92. The summed E-state index contributed by atoms with van der Waals surface area (Å²) in [6.07, 6.45) is 0. The Labute approximate surface area is 116 Å². The number of nitrogen functional groups attached to an aromatic ring is 1. The van der Waals surface area contributed by atoms with E-state index >= 15 is 0 Å². The minimum Gasteiger partial charge on any atom is -0.399 e. The second-order valence-corrected chi connectivity index (χ2v) is 6.02. The van der Waals surface area contributed by atoms with Gasteiger partial charge in [-0.05, 0) is 35.7 Å². The molecule has 0 bridgehead atoms. The molecule has 0 fully saturated rings. The maximum absolute atomic E-state index is 13.2. The molecule has 1 amide bonds. The number of hydrogen-bond acceptors (Lipinski definition) is 4. The highest BCUT2D eigenvalue weighted by atomic mass is 32.1. The lowest BCUT2D eigenvalue weighted by molar-refractivity contribution is 0.103. The fourth-order valence-corrected chi connectivity index (χ4v) is 3.76. The summed E-state index contributed by atoms with van der Waals surface area (Å²) < 4.78 is 15.3. The van der Waals surface area contributed by atoms with Crippen LogP contribution in [0.4, 0.5) is 15.8 Å². The molecule has 6 heteroatoms. The molecule has 0 saturated carbocycles. The van der Waals surface area contributed by atoms with Crippen molar-refractivity contribution >= 4 is 49.4 Å². The van der Waals surface area contributed by atoms with Crippen molar-refractivity contribution in [3.63, 3.8) is 0 Å². The Balaban J connectivity index is 1.86. The largest absolute Gasteiger partial charge is 0.399 e. The average Bonchev–Trinajstić information content (AvgIpc) is 2.86. The molecule has 1 aromatic carbocycles. The summed E-state index contributed by atoms with van der Waals surface area (Å²) in [6, 6.07) is 7.78. The molecule has 0 aliphatic carbocycles. The zero-order chi connectivity index (χ0) is 13.4. The number of nitrogens with two attached hydrogens (primary N) is 1. The van der Waals surface area contributed by atoms with E-state index in [0.29, 0.717) is 10.6 Å². The number of hydrogen-bond donors (Lipinski definition) is 2. The first kappa shape index (κ1) is 12.1. The van der Waals surface area contributed by atoms with Crippen LogP contribution < -0.4 is 11.1 Å². The Morgan fingerprint density at radius 2 is 2.05 bits per heavy atom. The van der Waals surface area contributed by atoms with Gasteiger partial charge in [-0.15, -0.1) is 22.7 Å². The third-order valence-electron chi connectivity index (χ3n) is 2.54. The van der Waals surface area contributed by atoms with Crippen LogP contribution in [-0.4, -0.2) is 5.91 Å². The molecule has 96 valence electrons. The summed E-state index contributed by atoms with van der Waals surface area (Å²) in [7, 11) is 0. The first-order valence-electron chi connectivity index (χ1n) is 5.46. The van der Waals surface area contributed by atoms with E-state index in [4.69, 9.17) is 5.73 Å². The maximum Gasteiger partial charge on any atom is 0.265 e. The van der Waals surface area contributed by atoms with Crippen LogP contribution in [-0.2, 0) is 0 Å². The van der Waals surface area contributed by atoms with Crippen molar-refractivity contribution in [2.75, 3.05) is 11.1 Å².